The SMILES string of the molecule is COc1cc2c3c(c1OC)-c1ccccc1C(O)C3N(C)CC2. The van der Waals surface area contributed by atoms with Crippen LogP contribution < -0.4 is 9.47 Å². The number of methoxy groups -OCH3 is 2. The third-order valence-corrected chi connectivity index (χ3v) is 5.15. The van der Waals surface area contributed by atoms with Crippen molar-refractivity contribution in [1.82, 2.24) is 4.90 Å². The van der Waals surface area contributed by atoms with E-state index in [1.165, 1.54) is 11.1 Å². The number of hydrogen-bond acceptors (Lipinski definition) is 4. The number of likely N-dealkylation sites (N-methyl/N-ethyl adjacent to an activating group) is 1. The number of fused-ring (bicyclic) bond motifs is 2. The molecule has 2 aliphatic rings. The highest BCUT2D eigenvalue weighted by Crippen LogP contribution is 2.55. The van der Waals surface area contributed by atoms with E-state index in [4.69, 9.17) is 9.47 Å². The smallest absolute Gasteiger partial charge is 0.168 e. The van der Waals surface area contributed by atoms with Gasteiger partial charge in [-0.3, -0.25) is 4.90 Å². The van der Waals surface area contributed by atoms with E-state index in [1.807, 2.05) is 18.2 Å². The Kier molecular flexibility index (Phi) is 3.32. The fourth-order valence-corrected chi connectivity index (χ4v) is 4.08. The van der Waals surface area contributed by atoms with Crippen molar-refractivity contribution in [2.45, 2.75) is 18.6 Å². The average Bonchev–Trinajstić information content (AvgIpc) is 2.59. The van der Waals surface area contributed by atoms with E-state index < -0.39 is 6.10 Å². The number of ether oxygens (including phenoxy) is 2. The van der Waals surface area contributed by atoms with Crippen molar-refractivity contribution >= 4 is 0 Å². The number of aliphatic hydroxyl groups is 1. The van der Waals surface area contributed by atoms with Gasteiger partial charge in [-0.1, -0.05) is 24.3 Å². The Morgan fingerprint density at radius 1 is 1.17 bits per heavy atom. The number of rotatable bonds is 2. The molecule has 120 valence electrons. The molecule has 0 spiro atoms. The van der Waals surface area contributed by atoms with Gasteiger partial charge in [0.15, 0.2) is 11.5 Å². The highest BCUT2D eigenvalue weighted by atomic mass is 16.5. The van der Waals surface area contributed by atoms with Crippen molar-refractivity contribution in [3.8, 4) is 22.6 Å². The summed E-state index contributed by atoms with van der Waals surface area (Å²) in [5.41, 5.74) is 5.49. The summed E-state index contributed by atoms with van der Waals surface area (Å²) in [4.78, 5) is 2.23. The molecule has 2 aromatic rings. The second-order valence-corrected chi connectivity index (χ2v) is 6.27. The molecule has 4 heteroatoms. The van der Waals surface area contributed by atoms with Crippen molar-refractivity contribution in [1.29, 1.82) is 0 Å². The van der Waals surface area contributed by atoms with Crippen LogP contribution >= 0.6 is 0 Å². The first-order chi connectivity index (χ1) is 11.2. The molecule has 0 saturated carbocycles. The third-order valence-electron chi connectivity index (χ3n) is 5.15. The van der Waals surface area contributed by atoms with E-state index in [2.05, 4.69) is 24.1 Å². The Labute approximate surface area is 136 Å². The van der Waals surface area contributed by atoms with Gasteiger partial charge in [0.25, 0.3) is 0 Å². The second kappa shape index (κ2) is 5.25. The maximum absolute atomic E-state index is 11.0. The molecule has 1 N–H and O–H groups in total. The first kappa shape index (κ1) is 14.5. The molecule has 0 amide bonds. The fourth-order valence-electron chi connectivity index (χ4n) is 4.08. The van der Waals surface area contributed by atoms with E-state index in [0.717, 1.165) is 41.2 Å². The summed E-state index contributed by atoms with van der Waals surface area (Å²) >= 11 is 0. The van der Waals surface area contributed by atoms with Crippen LogP contribution in [0.4, 0.5) is 0 Å². The molecule has 4 rings (SSSR count). The lowest BCUT2D eigenvalue weighted by Crippen LogP contribution is -2.38. The van der Waals surface area contributed by atoms with E-state index in [9.17, 15) is 5.11 Å². The van der Waals surface area contributed by atoms with Crippen LogP contribution in [0, 0.1) is 0 Å². The van der Waals surface area contributed by atoms with Crippen LogP contribution in [0.3, 0.4) is 0 Å². The molecule has 2 unspecified atom stereocenters. The Balaban J connectivity index is 2.12. The fraction of sp³-hybridized carbons (Fsp3) is 0.368. The summed E-state index contributed by atoms with van der Waals surface area (Å²) in [6, 6.07) is 10.1. The average molecular weight is 311 g/mol. The summed E-state index contributed by atoms with van der Waals surface area (Å²) in [6.07, 6.45) is 0.422. The second-order valence-electron chi connectivity index (χ2n) is 6.27. The molecule has 0 aromatic heterocycles. The summed E-state index contributed by atoms with van der Waals surface area (Å²) in [6.45, 7) is 0.922. The van der Waals surface area contributed by atoms with Gasteiger partial charge in [-0.2, -0.15) is 0 Å². The van der Waals surface area contributed by atoms with Crippen LogP contribution in [0.5, 0.6) is 11.5 Å². The molecule has 0 radical (unpaired) electrons. The zero-order valence-electron chi connectivity index (χ0n) is 13.7. The summed E-state index contributed by atoms with van der Waals surface area (Å²) in [7, 11) is 5.42. The molecular formula is C19H21NO3. The lowest BCUT2D eigenvalue weighted by Gasteiger charge is -2.43. The maximum atomic E-state index is 11.0. The third kappa shape index (κ3) is 1.92. The molecule has 4 nitrogen and oxygen atoms in total. The topological polar surface area (TPSA) is 41.9 Å². The van der Waals surface area contributed by atoms with Crippen molar-refractivity contribution in [2.24, 2.45) is 0 Å². The Hall–Kier alpha value is -2.04. The molecule has 1 aliphatic carbocycles. The number of nitrogens with zero attached hydrogens (tertiary/aromatic N) is 1. The molecular weight excluding hydrogens is 290 g/mol. The van der Waals surface area contributed by atoms with Gasteiger partial charge in [-0.05, 0) is 41.8 Å². The van der Waals surface area contributed by atoms with Crippen LogP contribution in [0.15, 0.2) is 30.3 Å². The first-order valence-corrected chi connectivity index (χ1v) is 7.92. The Morgan fingerprint density at radius 2 is 1.96 bits per heavy atom. The molecule has 2 atom stereocenters. The Bertz CT molecular complexity index is 771. The van der Waals surface area contributed by atoms with Gasteiger partial charge >= 0.3 is 0 Å². The van der Waals surface area contributed by atoms with Crippen LogP contribution in [0.2, 0.25) is 0 Å². The van der Waals surface area contributed by atoms with Gasteiger partial charge in [-0.15, -0.1) is 0 Å². The largest absolute Gasteiger partial charge is 0.493 e. The van der Waals surface area contributed by atoms with Gasteiger partial charge in [-0.25, -0.2) is 0 Å². The van der Waals surface area contributed by atoms with E-state index in [0.29, 0.717) is 0 Å². The molecule has 0 fully saturated rings. The van der Waals surface area contributed by atoms with Crippen LogP contribution in [0.1, 0.15) is 28.8 Å². The van der Waals surface area contributed by atoms with Gasteiger partial charge in [0.1, 0.15) is 0 Å². The molecule has 0 saturated heterocycles. The normalized spacial score (nSPS) is 22.3. The predicted molar refractivity (Wildman–Crippen MR) is 89.0 cm³/mol. The lowest BCUT2D eigenvalue weighted by atomic mass is 9.75. The molecule has 1 heterocycles. The molecule has 23 heavy (non-hydrogen) atoms. The number of benzene rings is 2. The van der Waals surface area contributed by atoms with Gasteiger partial charge in [0, 0.05) is 12.1 Å². The minimum atomic E-state index is -0.527. The van der Waals surface area contributed by atoms with E-state index >= 15 is 0 Å². The minimum Gasteiger partial charge on any atom is -0.493 e. The molecule has 0 bridgehead atoms. The quantitative estimate of drug-likeness (QED) is 0.926. The standard InChI is InChI=1S/C19H21NO3/c1-20-9-8-11-10-14(22-2)19(23-3)16-12-6-4-5-7-13(12)18(21)17(20)15(11)16/h4-7,10,17-18,21H,8-9H2,1-3H3. The maximum Gasteiger partial charge on any atom is 0.168 e. The van der Waals surface area contributed by atoms with Crippen LogP contribution in [0.25, 0.3) is 11.1 Å². The van der Waals surface area contributed by atoms with Crippen molar-refractivity contribution < 1.29 is 14.6 Å². The van der Waals surface area contributed by atoms with E-state index in [-0.39, 0.29) is 6.04 Å². The zero-order chi connectivity index (χ0) is 16.1. The van der Waals surface area contributed by atoms with Crippen molar-refractivity contribution in [2.75, 3.05) is 27.8 Å². The number of hydrogen-bond donors (Lipinski definition) is 1. The van der Waals surface area contributed by atoms with Gasteiger partial charge in [0.05, 0.1) is 26.4 Å². The number of aliphatic hydroxyl groups excluding tert-OH is 1. The summed E-state index contributed by atoms with van der Waals surface area (Å²) < 4.78 is 11.3. The highest BCUT2D eigenvalue weighted by Gasteiger charge is 2.41. The van der Waals surface area contributed by atoms with Gasteiger partial charge < -0.3 is 14.6 Å². The zero-order valence-corrected chi connectivity index (χ0v) is 13.7. The molecule has 2 aromatic carbocycles. The van der Waals surface area contributed by atoms with Crippen LogP contribution in [-0.4, -0.2) is 37.8 Å². The highest BCUT2D eigenvalue weighted by molar-refractivity contribution is 5.84. The predicted octanol–water partition coefficient (Wildman–Crippen LogP) is 2.95. The monoisotopic (exact) mass is 311 g/mol. The van der Waals surface area contributed by atoms with Gasteiger partial charge in [0.2, 0.25) is 0 Å². The molecule has 1 aliphatic heterocycles. The minimum absolute atomic E-state index is 0.0385. The summed E-state index contributed by atoms with van der Waals surface area (Å²) in [5, 5.41) is 11.0. The van der Waals surface area contributed by atoms with Crippen molar-refractivity contribution in [3.05, 3.63) is 47.0 Å². The van der Waals surface area contributed by atoms with Crippen LogP contribution in [-0.2, 0) is 6.42 Å². The van der Waals surface area contributed by atoms with Crippen molar-refractivity contribution in [3.63, 3.8) is 0 Å². The Morgan fingerprint density at radius 3 is 2.70 bits per heavy atom. The van der Waals surface area contributed by atoms with E-state index in [1.54, 1.807) is 14.2 Å². The lowest BCUT2D eigenvalue weighted by molar-refractivity contribution is 0.0542. The summed E-state index contributed by atoms with van der Waals surface area (Å²) in [5.74, 6) is 1.52. The first-order valence-electron chi connectivity index (χ1n) is 7.92.